The molecule has 0 N–H and O–H groups in total. The number of hydrogen-bond donors (Lipinski definition) is 0. The number of carbonyl (C=O) groups excluding carboxylic acids is 1. The number of halogens is 6. The number of allylic oxidation sites excluding steroid dienone is 1. The van der Waals surface area contributed by atoms with Crippen LogP contribution >= 0.6 is 0 Å². The molecule has 46 heavy (non-hydrogen) atoms. The van der Waals surface area contributed by atoms with Crippen molar-refractivity contribution in [2.24, 2.45) is 5.41 Å². The highest BCUT2D eigenvalue weighted by Crippen LogP contribution is 2.51. The van der Waals surface area contributed by atoms with Crippen LogP contribution in [0.5, 0.6) is 0 Å². The Balaban J connectivity index is 1.42. The zero-order chi connectivity index (χ0) is 33.0. The molecule has 16 heteroatoms. The van der Waals surface area contributed by atoms with Crippen molar-refractivity contribution in [3.8, 4) is 5.69 Å². The Labute approximate surface area is 259 Å². The fraction of sp³-hybridized carbons (Fsp3) is 0.333. The van der Waals surface area contributed by atoms with E-state index < -0.39 is 56.3 Å². The molecule has 2 aliphatic rings. The number of nitrogens with zero attached hydrogens (tertiary/aromatic N) is 6. The Morgan fingerprint density at radius 3 is 2.43 bits per heavy atom. The number of hydrogen-bond acceptors (Lipinski definition) is 6. The maximum Gasteiger partial charge on any atom is 0.417 e. The smallest absolute Gasteiger partial charge is 0.291 e. The summed E-state index contributed by atoms with van der Waals surface area (Å²) in [7, 11) is -4.34. The molecule has 4 aromatic rings. The van der Waals surface area contributed by atoms with Gasteiger partial charge in [-0.2, -0.15) is 36.5 Å². The summed E-state index contributed by atoms with van der Waals surface area (Å²) in [5, 5.41) is 7.90. The number of Topliss-reactive ketones (excluding diaryl/α,β-unsaturated/α-hetero) is 1. The van der Waals surface area contributed by atoms with E-state index in [0.29, 0.717) is 28.7 Å². The van der Waals surface area contributed by atoms with Gasteiger partial charge in [0.2, 0.25) is 10.0 Å². The number of sulfonamides is 1. The Morgan fingerprint density at radius 2 is 1.83 bits per heavy atom. The van der Waals surface area contributed by atoms with Crippen LogP contribution in [-0.2, 0) is 22.6 Å². The molecular formula is C30H26F6N6O3S. The molecule has 242 valence electrons. The molecule has 1 fully saturated rings. The molecule has 0 spiro atoms. The number of pyridine rings is 1. The molecule has 6 rings (SSSR count). The van der Waals surface area contributed by atoms with E-state index in [9.17, 15) is 39.6 Å². The molecule has 0 aliphatic heterocycles. The number of rotatable bonds is 8. The zero-order valence-electron chi connectivity index (χ0n) is 24.1. The van der Waals surface area contributed by atoms with Gasteiger partial charge in [0.25, 0.3) is 0 Å². The number of carbonyl (C=O) groups is 1. The van der Waals surface area contributed by atoms with Gasteiger partial charge in [-0.15, -0.1) is 0 Å². The first kappa shape index (κ1) is 31.7. The summed E-state index contributed by atoms with van der Waals surface area (Å²) >= 11 is 0. The van der Waals surface area contributed by atoms with Crippen LogP contribution in [0.1, 0.15) is 60.0 Å². The minimum atomic E-state index is -4.67. The van der Waals surface area contributed by atoms with Crippen molar-refractivity contribution in [3.05, 3.63) is 95.1 Å². The predicted molar refractivity (Wildman–Crippen MR) is 152 cm³/mol. The monoisotopic (exact) mass is 664 g/mol. The lowest BCUT2D eigenvalue weighted by Gasteiger charge is -2.46. The van der Waals surface area contributed by atoms with Crippen LogP contribution in [-0.4, -0.2) is 55.6 Å². The molecule has 1 aromatic carbocycles. The summed E-state index contributed by atoms with van der Waals surface area (Å²) in [5.74, 6) is -1.02. The first-order valence-corrected chi connectivity index (χ1v) is 15.6. The van der Waals surface area contributed by atoms with Gasteiger partial charge in [0, 0.05) is 18.8 Å². The summed E-state index contributed by atoms with van der Waals surface area (Å²) in [5.41, 5.74) is -0.248. The SMILES string of the molecule is CCN([C@H]1CCC2=Cc3c(cnn3-c3ccc(F)cc3)C[C@]2(C(=O)c2ccc(C(F)(F)F)cn2)C1)S(=O)(=O)c1cnn(C(F)F)c1. The van der Waals surface area contributed by atoms with Gasteiger partial charge in [-0.3, -0.25) is 9.78 Å². The van der Waals surface area contributed by atoms with Gasteiger partial charge in [0.05, 0.1) is 41.0 Å². The first-order valence-electron chi connectivity index (χ1n) is 14.2. The highest BCUT2D eigenvalue weighted by atomic mass is 32.2. The predicted octanol–water partition coefficient (Wildman–Crippen LogP) is 6.09. The number of fused-ring (bicyclic) bond motifs is 2. The Kier molecular flexibility index (Phi) is 7.91. The maximum absolute atomic E-state index is 14.4. The van der Waals surface area contributed by atoms with Crippen LogP contribution in [0, 0.1) is 11.2 Å². The molecule has 0 radical (unpaired) electrons. The van der Waals surface area contributed by atoms with Gasteiger partial charge in [0.15, 0.2) is 5.78 Å². The third-order valence-electron chi connectivity index (χ3n) is 8.57. The largest absolute Gasteiger partial charge is 0.417 e. The van der Waals surface area contributed by atoms with E-state index in [0.717, 1.165) is 28.8 Å². The van der Waals surface area contributed by atoms with Gasteiger partial charge < -0.3 is 0 Å². The zero-order valence-corrected chi connectivity index (χ0v) is 24.9. The minimum absolute atomic E-state index is 0.0360. The van der Waals surface area contributed by atoms with Gasteiger partial charge in [0.1, 0.15) is 16.4 Å². The van der Waals surface area contributed by atoms with E-state index in [1.165, 1.54) is 30.5 Å². The minimum Gasteiger partial charge on any atom is -0.291 e. The normalized spacial score (nSPS) is 20.0. The van der Waals surface area contributed by atoms with Crippen LogP contribution in [0.2, 0.25) is 0 Å². The average molecular weight is 665 g/mol. The number of ketones is 1. The Hall–Kier alpha value is -4.31. The van der Waals surface area contributed by atoms with Crippen LogP contribution in [0.4, 0.5) is 26.3 Å². The molecule has 9 nitrogen and oxygen atoms in total. The standard InChI is InChI=1S/C30H26F6N6O3S/c1-2-41(46(44,45)24-16-38-40(17-24)28(32)33)23-7-3-19-11-26-18(14-39-42(26)22-8-5-21(31)6-9-22)12-29(19,13-23)27(43)25-10-4-20(15-37-25)30(34,35)36/h4-6,8-11,14-17,23,28H,2-3,7,12-13H2,1H3/t23-,29-/m0/s1. The van der Waals surface area contributed by atoms with E-state index in [-0.39, 0.29) is 42.6 Å². The van der Waals surface area contributed by atoms with E-state index in [2.05, 4.69) is 15.2 Å². The summed E-state index contributed by atoms with van der Waals surface area (Å²) in [6, 6.07) is 6.62. The van der Waals surface area contributed by atoms with Crippen molar-refractivity contribution < 1.29 is 39.6 Å². The molecule has 2 atom stereocenters. The third kappa shape index (κ3) is 5.42. The fourth-order valence-corrected chi connectivity index (χ4v) is 7.98. The molecule has 2 aliphatic carbocycles. The molecule has 3 aromatic heterocycles. The number of alkyl halides is 5. The summed E-state index contributed by atoms with van der Waals surface area (Å²) in [4.78, 5) is 17.8. The van der Waals surface area contributed by atoms with Gasteiger partial charge in [-0.25, -0.2) is 22.2 Å². The van der Waals surface area contributed by atoms with Crippen LogP contribution in [0.3, 0.4) is 0 Å². The van der Waals surface area contributed by atoms with Crippen molar-refractivity contribution in [1.82, 2.24) is 28.9 Å². The van der Waals surface area contributed by atoms with Crippen molar-refractivity contribution in [3.63, 3.8) is 0 Å². The lowest BCUT2D eigenvalue weighted by atomic mass is 9.60. The van der Waals surface area contributed by atoms with Crippen molar-refractivity contribution in [2.45, 2.75) is 56.3 Å². The van der Waals surface area contributed by atoms with Crippen LogP contribution < -0.4 is 0 Å². The van der Waals surface area contributed by atoms with E-state index in [4.69, 9.17) is 0 Å². The van der Waals surface area contributed by atoms with Gasteiger partial charge >= 0.3 is 12.7 Å². The van der Waals surface area contributed by atoms with Gasteiger partial charge in [-0.05, 0) is 73.7 Å². The van der Waals surface area contributed by atoms with Crippen LogP contribution in [0.15, 0.2) is 71.7 Å². The molecule has 0 bridgehead atoms. The highest BCUT2D eigenvalue weighted by molar-refractivity contribution is 7.89. The quantitative estimate of drug-likeness (QED) is 0.167. The fourth-order valence-electron chi connectivity index (χ4n) is 6.38. The molecular weight excluding hydrogens is 638 g/mol. The molecule has 0 amide bonds. The number of benzene rings is 1. The van der Waals surface area contributed by atoms with E-state index in [1.807, 2.05) is 0 Å². The van der Waals surface area contributed by atoms with E-state index in [1.54, 1.807) is 17.7 Å². The third-order valence-corrected chi connectivity index (χ3v) is 10.5. The lowest BCUT2D eigenvalue weighted by Crippen LogP contribution is -2.50. The van der Waals surface area contributed by atoms with E-state index >= 15 is 0 Å². The van der Waals surface area contributed by atoms with Gasteiger partial charge in [-0.1, -0.05) is 12.5 Å². The van der Waals surface area contributed by atoms with Crippen molar-refractivity contribution in [1.29, 1.82) is 0 Å². The summed E-state index contributed by atoms with van der Waals surface area (Å²) in [6.07, 6.45) is 1.26. The van der Waals surface area contributed by atoms with Crippen molar-refractivity contribution >= 4 is 21.9 Å². The second kappa shape index (κ2) is 11.5. The second-order valence-electron chi connectivity index (χ2n) is 11.2. The van der Waals surface area contributed by atoms with Crippen LogP contribution in [0.25, 0.3) is 11.8 Å². The maximum atomic E-state index is 14.4. The Morgan fingerprint density at radius 1 is 1.09 bits per heavy atom. The Bertz CT molecular complexity index is 1920. The van der Waals surface area contributed by atoms with Crippen molar-refractivity contribution in [2.75, 3.05) is 6.54 Å². The summed E-state index contributed by atoms with van der Waals surface area (Å²) < 4.78 is 110. The molecule has 0 unspecified atom stereocenters. The molecule has 0 saturated heterocycles. The molecule has 3 heterocycles. The second-order valence-corrected chi connectivity index (χ2v) is 13.1. The first-order chi connectivity index (χ1) is 21.7. The summed E-state index contributed by atoms with van der Waals surface area (Å²) in [6.45, 7) is -1.52. The number of aromatic nitrogens is 5. The highest BCUT2D eigenvalue weighted by Gasteiger charge is 2.51. The topological polar surface area (TPSA) is 103 Å². The lowest BCUT2D eigenvalue weighted by molar-refractivity contribution is -0.137. The molecule has 1 saturated carbocycles. The average Bonchev–Trinajstić information content (AvgIpc) is 3.68.